The van der Waals surface area contributed by atoms with Gasteiger partial charge in [0.05, 0.1) is 0 Å². The number of guanidine groups is 1. The van der Waals surface area contributed by atoms with Crippen LogP contribution in [0, 0.1) is 5.92 Å². The van der Waals surface area contributed by atoms with E-state index in [9.17, 15) is 4.79 Å². The number of likely N-dealkylation sites (N-methyl/N-ethyl adjacent to an activating group) is 1. The molecule has 0 bridgehead atoms. The zero-order valence-electron chi connectivity index (χ0n) is 11.6. The van der Waals surface area contributed by atoms with Gasteiger partial charge >= 0.3 is 0 Å². The number of aliphatic imine (C=N–C) groups is 1. The molecule has 1 heterocycles. The van der Waals surface area contributed by atoms with E-state index in [0.29, 0.717) is 12.5 Å². The number of amides is 1. The summed E-state index contributed by atoms with van der Waals surface area (Å²) in [5, 5.41) is 0. The first-order valence-corrected chi connectivity index (χ1v) is 6.33. The first kappa shape index (κ1) is 17.5. The van der Waals surface area contributed by atoms with Crippen molar-refractivity contribution >= 4 is 35.8 Å². The van der Waals surface area contributed by atoms with Gasteiger partial charge in [0.2, 0.25) is 5.91 Å². The highest BCUT2D eigenvalue weighted by molar-refractivity contribution is 14.0. The lowest BCUT2D eigenvalue weighted by Gasteiger charge is -2.31. The maximum atomic E-state index is 11.6. The summed E-state index contributed by atoms with van der Waals surface area (Å²) in [5.41, 5.74) is 5.89. The first-order chi connectivity index (χ1) is 8.04. The number of likely N-dealkylation sites (tertiary alicyclic amines) is 1. The summed E-state index contributed by atoms with van der Waals surface area (Å²) in [4.78, 5) is 19.4. The molecule has 1 amide bonds. The second-order valence-electron chi connectivity index (χ2n) is 4.75. The van der Waals surface area contributed by atoms with Crippen LogP contribution in [0.2, 0.25) is 0 Å². The molecule has 18 heavy (non-hydrogen) atoms. The van der Waals surface area contributed by atoms with E-state index in [2.05, 4.69) is 16.8 Å². The van der Waals surface area contributed by atoms with Gasteiger partial charge in [0.15, 0.2) is 5.96 Å². The number of piperidine rings is 1. The molecule has 0 spiro atoms. The average molecular weight is 368 g/mol. The van der Waals surface area contributed by atoms with Gasteiger partial charge < -0.3 is 15.5 Å². The van der Waals surface area contributed by atoms with Gasteiger partial charge in [0.25, 0.3) is 0 Å². The Hall–Kier alpha value is -0.530. The molecule has 1 saturated heterocycles. The zero-order valence-corrected chi connectivity index (χ0v) is 13.9. The lowest BCUT2D eigenvalue weighted by atomic mass is 10.00. The highest BCUT2D eigenvalue weighted by Crippen LogP contribution is 2.15. The molecule has 6 heteroatoms. The molecule has 0 aliphatic carbocycles. The van der Waals surface area contributed by atoms with E-state index in [4.69, 9.17) is 5.73 Å². The Morgan fingerprint density at radius 2 is 2.00 bits per heavy atom. The summed E-state index contributed by atoms with van der Waals surface area (Å²) in [6.45, 7) is 6.96. The Bertz CT molecular complexity index is 288. The van der Waals surface area contributed by atoms with Crippen LogP contribution in [-0.2, 0) is 4.79 Å². The Kier molecular flexibility index (Phi) is 8.30. The summed E-state index contributed by atoms with van der Waals surface area (Å²) in [6.07, 6.45) is 2.30. The molecule has 5 nitrogen and oxygen atoms in total. The molecule has 0 saturated carbocycles. The van der Waals surface area contributed by atoms with Crippen LogP contribution in [0.1, 0.15) is 26.7 Å². The van der Waals surface area contributed by atoms with Crippen LogP contribution in [0.25, 0.3) is 0 Å². The molecule has 0 aromatic rings. The monoisotopic (exact) mass is 368 g/mol. The van der Waals surface area contributed by atoms with Crippen LogP contribution < -0.4 is 5.73 Å². The quantitative estimate of drug-likeness (QED) is 0.462. The van der Waals surface area contributed by atoms with Gasteiger partial charge in [0.1, 0.15) is 6.54 Å². The second-order valence-corrected chi connectivity index (χ2v) is 4.75. The lowest BCUT2D eigenvalue weighted by molar-refractivity contribution is -0.128. The first-order valence-electron chi connectivity index (χ1n) is 6.33. The Morgan fingerprint density at radius 3 is 2.50 bits per heavy atom. The maximum absolute atomic E-state index is 11.6. The summed E-state index contributed by atoms with van der Waals surface area (Å²) >= 11 is 0. The van der Waals surface area contributed by atoms with Crippen molar-refractivity contribution < 1.29 is 4.79 Å². The molecule has 1 aliphatic heterocycles. The number of hydrogen-bond acceptors (Lipinski definition) is 2. The van der Waals surface area contributed by atoms with Crippen molar-refractivity contribution in [2.45, 2.75) is 26.7 Å². The molecule has 2 N–H and O–H groups in total. The molecule has 0 radical (unpaired) electrons. The van der Waals surface area contributed by atoms with Crippen molar-refractivity contribution in [2.75, 3.05) is 33.2 Å². The predicted octanol–water partition coefficient (Wildman–Crippen LogP) is 1.13. The van der Waals surface area contributed by atoms with Crippen LogP contribution in [0.15, 0.2) is 4.99 Å². The van der Waals surface area contributed by atoms with E-state index >= 15 is 0 Å². The Labute approximate surface area is 127 Å². The zero-order chi connectivity index (χ0) is 12.8. The van der Waals surface area contributed by atoms with Crippen molar-refractivity contribution in [3.8, 4) is 0 Å². The van der Waals surface area contributed by atoms with Gasteiger partial charge in [0, 0.05) is 26.7 Å². The fourth-order valence-electron chi connectivity index (χ4n) is 1.78. The molecule has 0 aromatic carbocycles. The standard InChI is InChI=1S/C12H24N4O.HI/c1-4-15(3)11(17)9-14-12(13)16-7-5-10(2)6-8-16;/h10H,4-9H2,1-3H3,(H2,13,14);1H. The highest BCUT2D eigenvalue weighted by atomic mass is 127. The largest absolute Gasteiger partial charge is 0.370 e. The minimum Gasteiger partial charge on any atom is -0.370 e. The van der Waals surface area contributed by atoms with Gasteiger partial charge in [-0.2, -0.15) is 0 Å². The van der Waals surface area contributed by atoms with Gasteiger partial charge in [-0.15, -0.1) is 24.0 Å². The number of carbonyl (C=O) groups excluding carboxylic acids is 1. The van der Waals surface area contributed by atoms with Gasteiger partial charge in [-0.25, -0.2) is 4.99 Å². The van der Waals surface area contributed by atoms with E-state index < -0.39 is 0 Å². The van der Waals surface area contributed by atoms with Crippen molar-refractivity contribution in [3.05, 3.63) is 0 Å². The molecule has 1 fully saturated rings. The van der Waals surface area contributed by atoms with Gasteiger partial charge in [-0.05, 0) is 25.7 Å². The number of nitrogens with two attached hydrogens (primary N) is 1. The highest BCUT2D eigenvalue weighted by Gasteiger charge is 2.17. The molecular weight excluding hydrogens is 343 g/mol. The number of nitrogens with zero attached hydrogens (tertiary/aromatic N) is 3. The number of carbonyl (C=O) groups is 1. The third-order valence-corrected chi connectivity index (χ3v) is 3.38. The van der Waals surface area contributed by atoms with E-state index in [1.165, 1.54) is 0 Å². The summed E-state index contributed by atoms with van der Waals surface area (Å²) in [7, 11) is 1.77. The van der Waals surface area contributed by atoms with Gasteiger partial charge in [-0.1, -0.05) is 6.92 Å². The van der Waals surface area contributed by atoms with Crippen LogP contribution in [0.5, 0.6) is 0 Å². The van der Waals surface area contributed by atoms with Crippen molar-refractivity contribution in [2.24, 2.45) is 16.6 Å². The predicted molar refractivity (Wildman–Crippen MR) is 85.2 cm³/mol. The van der Waals surface area contributed by atoms with Crippen LogP contribution >= 0.6 is 24.0 Å². The summed E-state index contributed by atoms with van der Waals surface area (Å²) in [6, 6.07) is 0. The maximum Gasteiger partial charge on any atom is 0.244 e. The van der Waals surface area contributed by atoms with Crippen molar-refractivity contribution in [1.29, 1.82) is 0 Å². The van der Waals surface area contributed by atoms with Gasteiger partial charge in [-0.3, -0.25) is 4.79 Å². The van der Waals surface area contributed by atoms with E-state index in [0.717, 1.165) is 31.8 Å². The van der Waals surface area contributed by atoms with Crippen LogP contribution in [0.3, 0.4) is 0 Å². The van der Waals surface area contributed by atoms with Crippen LogP contribution in [0.4, 0.5) is 0 Å². The summed E-state index contributed by atoms with van der Waals surface area (Å²) in [5.74, 6) is 1.29. The minimum absolute atomic E-state index is 0. The number of halogens is 1. The van der Waals surface area contributed by atoms with Crippen LogP contribution in [-0.4, -0.2) is 54.9 Å². The second kappa shape index (κ2) is 8.55. The summed E-state index contributed by atoms with van der Waals surface area (Å²) < 4.78 is 0. The smallest absolute Gasteiger partial charge is 0.244 e. The lowest BCUT2D eigenvalue weighted by Crippen LogP contribution is -2.43. The number of hydrogen-bond donors (Lipinski definition) is 1. The Balaban J connectivity index is 0.00000289. The number of rotatable bonds is 3. The van der Waals surface area contributed by atoms with E-state index in [1.807, 2.05) is 6.92 Å². The Morgan fingerprint density at radius 1 is 1.44 bits per heavy atom. The van der Waals surface area contributed by atoms with E-state index in [1.54, 1.807) is 11.9 Å². The minimum atomic E-state index is 0. The molecule has 0 atom stereocenters. The molecular formula is C12H25IN4O. The molecule has 106 valence electrons. The molecule has 0 unspecified atom stereocenters. The fraction of sp³-hybridized carbons (Fsp3) is 0.833. The SMILES string of the molecule is CCN(C)C(=O)CN=C(N)N1CCC(C)CC1.I. The molecule has 0 aromatic heterocycles. The average Bonchev–Trinajstić information content (AvgIpc) is 2.35. The normalized spacial score (nSPS) is 17.3. The van der Waals surface area contributed by atoms with Crippen molar-refractivity contribution in [1.82, 2.24) is 9.80 Å². The molecule has 1 aliphatic rings. The van der Waals surface area contributed by atoms with Crippen molar-refractivity contribution in [3.63, 3.8) is 0 Å². The van der Waals surface area contributed by atoms with E-state index in [-0.39, 0.29) is 36.4 Å². The molecule has 1 rings (SSSR count). The fourth-order valence-corrected chi connectivity index (χ4v) is 1.78. The third-order valence-electron chi connectivity index (χ3n) is 3.38. The third kappa shape index (κ3) is 5.41. The topological polar surface area (TPSA) is 61.9 Å².